The molecule has 0 spiro atoms. The number of hydrogen-bond donors (Lipinski definition) is 0. The van der Waals surface area contributed by atoms with Gasteiger partial charge in [-0.25, -0.2) is 9.48 Å². The molecule has 0 aliphatic heterocycles. The molecule has 2 heterocycles. The van der Waals surface area contributed by atoms with E-state index in [-0.39, 0.29) is 28.9 Å². The Kier molecular flexibility index (Phi) is 8.59. The van der Waals surface area contributed by atoms with Crippen LogP contribution in [0.4, 0.5) is 18.9 Å². The summed E-state index contributed by atoms with van der Waals surface area (Å²) in [5.41, 5.74) is -0.0122. The fraction of sp³-hybridized carbons (Fsp3) is 0.333. The maximum atomic E-state index is 14.2. The zero-order valence-electron chi connectivity index (χ0n) is 25.5. The molecule has 2 aromatic carbocycles. The number of esters is 1. The summed E-state index contributed by atoms with van der Waals surface area (Å²) in [6.07, 6.45) is -1.38. The summed E-state index contributed by atoms with van der Waals surface area (Å²) in [5, 5.41) is 4.02. The Morgan fingerprint density at radius 3 is 2.38 bits per heavy atom. The molecule has 0 radical (unpaired) electrons. The van der Waals surface area contributed by atoms with Crippen LogP contribution in [-0.4, -0.2) is 46.4 Å². The lowest BCUT2D eigenvalue weighted by Gasteiger charge is -2.26. The number of halogens is 3. The Morgan fingerprint density at radius 2 is 1.71 bits per heavy atom. The van der Waals surface area contributed by atoms with Crippen LogP contribution in [0.1, 0.15) is 77.4 Å². The largest absolute Gasteiger partial charge is 0.495 e. The van der Waals surface area contributed by atoms with Gasteiger partial charge >= 0.3 is 12.1 Å². The Labute approximate surface area is 258 Å². The van der Waals surface area contributed by atoms with Crippen LogP contribution in [0.5, 0.6) is 11.5 Å². The van der Waals surface area contributed by atoms with Crippen molar-refractivity contribution in [1.29, 1.82) is 0 Å². The number of pyridine rings is 1. The monoisotopic (exact) mass is 622 g/mol. The normalized spacial score (nSPS) is 14.8. The van der Waals surface area contributed by atoms with Gasteiger partial charge in [-0.15, -0.1) is 0 Å². The van der Waals surface area contributed by atoms with E-state index in [2.05, 4.69) is 10.1 Å². The molecule has 0 fully saturated rings. The molecule has 0 N–H and O–H groups in total. The van der Waals surface area contributed by atoms with Gasteiger partial charge in [0.15, 0.2) is 5.69 Å². The fourth-order valence-corrected chi connectivity index (χ4v) is 5.14. The number of nitrogens with zero attached hydrogens (tertiary/aromatic N) is 4. The van der Waals surface area contributed by atoms with Crippen molar-refractivity contribution in [2.45, 2.75) is 57.9 Å². The topological polar surface area (TPSA) is 95.8 Å². The third-order valence-electron chi connectivity index (χ3n) is 7.22. The second-order valence-electron chi connectivity index (χ2n) is 11.6. The number of hydrogen-bond acceptors (Lipinski definition) is 7. The number of benzene rings is 2. The highest BCUT2D eigenvalue weighted by molar-refractivity contribution is 6.06. The molecule has 1 aliphatic carbocycles. The first-order chi connectivity index (χ1) is 21.2. The number of anilines is 1. The summed E-state index contributed by atoms with van der Waals surface area (Å²) in [6, 6.07) is 14.2. The van der Waals surface area contributed by atoms with Gasteiger partial charge in [0.1, 0.15) is 23.2 Å². The van der Waals surface area contributed by atoms with Crippen molar-refractivity contribution in [2.24, 2.45) is 0 Å². The highest BCUT2D eigenvalue weighted by Gasteiger charge is 2.42. The number of carbonyl (C=O) groups excluding carboxylic acids is 2. The third kappa shape index (κ3) is 6.95. The second-order valence-corrected chi connectivity index (χ2v) is 11.6. The number of carbonyl (C=O) groups is 2. The molecule has 1 unspecified atom stereocenters. The molecule has 1 atom stereocenters. The summed E-state index contributed by atoms with van der Waals surface area (Å²) in [5.74, 6) is -0.0559. The number of ether oxygens (including phenoxy) is 3. The average Bonchev–Trinajstić information content (AvgIpc) is 3.41. The lowest BCUT2D eigenvalue weighted by Crippen LogP contribution is -2.26. The van der Waals surface area contributed by atoms with Crippen LogP contribution in [-0.2, 0) is 17.3 Å². The van der Waals surface area contributed by atoms with Crippen molar-refractivity contribution in [3.63, 3.8) is 0 Å². The van der Waals surface area contributed by atoms with E-state index in [1.54, 1.807) is 76.3 Å². The van der Waals surface area contributed by atoms with Crippen LogP contribution in [0.25, 0.3) is 5.69 Å². The number of rotatable bonds is 7. The number of aromatic nitrogens is 3. The van der Waals surface area contributed by atoms with Gasteiger partial charge in [-0.1, -0.05) is 6.07 Å². The molecule has 0 bridgehead atoms. The van der Waals surface area contributed by atoms with E-state index in [9.17, 15) is 22.8 Å². The van der Waals surface area contributed by atoms with Gasteiger partial charge in [-0.05, 0) is 82.5 Å². The number of methoxy groups -OCH3 is 1. The van der Waals surface area contributed by atoms with Crippen LogP contribution in [0.15, 0.2) is 67.0 Å². The molecular formula is C33H33F3N4O5. The van der Waals surface area contributed by atoms with Gasteiger partial charge in [-0.3, -0.25) is 9.78 Å². The Morgan fingerprint density at radius 1 is 0.978 bits per heavy atom. The van der Waals surface area contributed by atoms with Crippen LogP contribution >= 0.6 is 0 Å². The minimum atomic E-state index is -4.70. The van der Waals surface area contributed by atoms with Gasteiger partial charge in [0.05, 0.1) is 42.1 Å². The van der Waals surface area contributed by atoms with Crippen molar-refractivity contribution in [2.75, 3.05) is 19.1 Å². The number of alkyl halides is 3. The quantitative estimate of drug-likeness (QED) is 0.205. The van der Waals surface area contributed by atoms with E-state index >= 15 is 0 Å². The molecule has 2 aromatic heterocycles. The van der Waals surface area contributed by atoms with Crippen LogP contribution in [0.2, 0.25) is 0 Å². The second kappa shape index (κ2) is 12.3. The summed E-state index contributed by atoms with van der Waals surface area (Å²) in [6.45, 7) is 5.30. The van der Waals surface area contributed by atoms with E-state index in [0.29, 0.717) is 35.6 Å². The Hall–Kier alpha value is -4.87. The maximum Gasteiger partial charge on any atom is 0.435 e. The predicted molar refractivity (Wildman–Crippen MR) is 160 cm³/mol. The van der Waals surface area contributed by atoms with Crippen molar-refractivity contribution >= 4 is 17.6 Å². The highest BCUT2D eigenvalue weighted by atomic mass is 19.4. The van der Waals surface area contributed by atoms with E-state index in [1.165, 1.54) is 35.2 Å². The SMILES string of the molecule is COc1cncc(N(C)C(=O)c2cccc(-n3nc(C(F)(F)F)c4c3C(Oc3ccc(C(=O)OC(C)(C)C)cc3)CCC4)c2)c1. The minimum Gasteiger partial charge on any atom is -0.495 e. The predicted octanol–water partition coefficient (Wildman–Crippen LogP) is 6.98. The van der Waals surface area contributed by atoms with Gasteiger partial charge in [0.2, 0.25) is 0 Å². The molecule has 5 rings (SSSR count). The number of amides is 1. The molecular weight excluding hydrogens is 589 g/mol. The van der Waals surface area contributed by atoms with E-state index in [1.807, 2.05) is 0 Å². The maximum absolute atomic E-state index is 14.2. The molecule has 9 nitrogen and oxygen atoms in total. The first kappa shape index (κ1) is 31.6. The molecule has 45 heavy (non-hydrogen) atoms. The Bertz CT molecular complexity index is 1710. The summed E-state index contributed by atoms with van der Waals surface area (Å²) >= 11 is 0. The zero-order valence-corrected chi connectivity index (χ0v) is 25.5. The van der Waals surface area contributed by atoms with Gasteiger partial charge in [0, 0.05) is 24.2 Å². The molecule has 1 amide bonds. The zero-order chi connectivity index (χ0) is 32.5. The summed E-state index contributed by atoms with van der Waals surface area (Å²) in [7, 11) is 3.06. The van der Waals surface area contributed by atoms with Gasteiger partial charge in [0.25, 0.3) is 5.91 Å². The van der Waals surface area contributed by atoms with Crippen LogP contribution < -0.4 is 14.4 Å². The summed E-state index contributed by atoms with van der Waals surface area (Å²) < 4.78 is 60.7. The van der Waals surface area contributed by atoms with E-state index in [0.717, 1.165) is 0 Å². The van der Waals surface area contributed by atoms with Crippen LogP contribution in [0.3, 0.4) is 0 Å². The summed E-state index contributed by atoms with van der Waals surface area (Å²) in [4.78, 5) is 31.3. The van der Waals surface area contributed by atoms with Crippen LogP contribution in [0, 0.1) is 0 Å². The fourth-order valence-electron chi connectivity index (χ4n) is 5.14. The molecule has 236 valence electrons. The molecule has 0 saturated carbocycles. The van der Waals surface area contributed by atoms with E-state index < -0.39 is 35.5 Å². The minimum absolute atomic E-state index is 0.0560. The molecule has 1 aliphatic rings. The first-order valence-electron chi connectivity index (χ1n) is 14.3. The lowest BCUT2D eigenvalue weighted by molar-refractivity contribution is -0.142. The molecule has 12 heteroatoms. The molecule has 4 aromatic rings. The third-order valence-corrected chi connectivity index (χ3v) is 7.22. The first-order valence-corrected chi connectivity index (χ1v) is 14.3. The van der Waals surface area contributed by atoms with Crippen molar-refractivity contribution < 1.29 is 37.0 Å². The van der Waals surface area contributed by atoms with Crippen molar-refractivity contribution in [3.8, 4) is 17.2 Å². The highest BCUT2D eigenvalue weighted by Crippen LogP contribution is 2.42. The van der Waals surface area contributed by atoms with Crippen molar-refractivity contribution in [1.82, 2.24) is 14.8 Å². The van der Waals surface area contributed by atoms with E-state index in [4.69, 9.17) is 14.2 Å². The van der Waals surface area contributed by atoms with Gasteiger partial charge in [-0.2, -0.15) is 18.3 Å². The average molecular weight is 623 g/mol. The lowest BCUT2D eigenvalue weighted by atomic mass is 9.92. The molecule has 0 saturated heterocycles. The number of fused-ring (bicyclic) bond motifs is 1. The van der Waals surface area contributed by atoms with Gasteiger partial charge < -0.3 is 19.1 Å². The smallest absolute Gasteiger partial charge is 0.435 e. The Balaban J connectivity index is 1.48. The standard InChI is InChI=1S/C33H33F3N4O5/c1-32(2,3)45-31(42)20-12-14-24(15-13-20)44-27-11-7-10-26-28(27)40(38-29(26)33(34,35)36)22-9-6-8-21(16-22)30(41)39(4)23-17-25(43-5)19-37-18-23/h6,8-9,12-19,27H,7,10-11H2,1-5H3. The van der Waals surface area contributed by atoms with Crippen molar-refractivity contribution in [3.05, 3.63) is 95.1 Å².